The van der Waals surface area contributed by atoms with Crippen LogP contribution in [0.4, 0.5) is 4.39 Å². The van der Waals surface area contributed by atoms with Crippen LogP contribution < -0.4 is 5.32 Å². The summed E-state index contributed by atoms with van der Waals surface area (Å²) in [7, 11) is 4.17. The van der Waals surface area contributed by atoms with Crippen molar-refractivity contribution in [3.05, 3.63) is 65.7 Å². The van der Waals surface area contributed by atoms with Crippen LogP contribution >= 0.6 is 0 Å². The lowest BCUT2D eigenvalue weighted by atomic mass is 10.0. The van der Waals surface area contributed by atoms with Gasteiger partial charge in [0, 0.05) is 24.8 Å². The number of halogens is 1. The molecular formula is C18H24FN3. The van der Waals surface area contributed by atoms with Crippen LogP contribution in [0.1, 0.15) is 24.1 Å². The molecule has 0 fully saturated rings. The van der Waals surface area contributed by atoms with E-state index < -0.39 is 0 Å². The lowest BCUT2D eigenvalue weighted by Crippen LogP contribution is -2.40. The van der Waals surface area contributed by atoms with E-state index in [1.54, 1.807) is 6.20 Å². The van der Waals surface area contributed by atoms with Crippen LogP contribution in [0.15, 0.2) is 48.8 Å². The highest BCUT2D eigenvalue weighted by molar-refractivity contribution is 5.17. The predicted molar refractivity (Wildman–Crippen MR) is 88.2 cm³/mol. The minimum absolute atomic E-state index is 0.0708. The van der Waals surface area contributed by atoms with Crippen LogP contribution in [0.2, 0.25) is 0 Å². The van der Waals surface area contributed by atoms with Crippen molar-refractivity contribution in [1.29, 1.82) is 0 Å². The molecule has 0 saturated heterocycles. The van der Waals surface area contributed by atoms with Gasteiger partial charge in [0.05, 0.1) is 6.20 Å². The third kappa shape index (κ3) is 4.90. The lowest BCUT2D eigenvalue weighted by Gasteiger charge is -2.26. The Bertz CT molecular complexity index is 572. The third-order valence-corrected chi connectivity index (χ3v) is 3.93. The molecule has 0 aliphatic heterocycles. The van der Waals surface area contributed by atoms with Gasteiger partial charge in [-0.1, -0.05) is 30.3 Å². The van der Waals surface area contributed by atoms with Crippen LogP contribution in [0.25, 0.3) is 0 Å². The number of likely N-dealkylation sites (N-methyl/N-ethyl adjacent to an activating group) is 1. The van der Waals surface area contributed by atoms with Gasteiger partial charge in [-0.25, -0.2) is 4.39 Å². The molecule has 0 radical (unpaired) electrons. The molecule has 1 aromatic carbocycles. The Kier molecular flexibility index (Phi) is 6.04. The fraction of sp³-hybridized carbons (Fsp3) is 0.389. The van der Waals surface area contributed by atoms with E-state index in [2.05, 4.69) is 53.6 Å². The van der Waals surface area contributed by atoms with E-state index in [1.165, 1.54) is 17.8 Å². The number of aromatic nitrogens is 1. The normalized spacial score (nSPS) is 14.0. The van der Waals surface area contributed by atoms with E-state index in [0.717, 1.165) is 18.5 Å². The molecule has 2 rings (SSSR count). The molecule has 0 saturated carbocycles. The van der Waals surface area contributed by atoms with Gasteiger partial charge in [0.25, 0.3) is 0 Å². The van der Waals surface area contributed by atoms with Crippen molar-refractivity contribution >= 4 is 0 Å². The van der Waals surface area contributed by atoms with E-state index in [4.69, 9.17) is 0 Å². The average molecular weight is 301 g/mol. The Balaban J connectivity index is 1.94. The molecule has 2 atom stereocenters. The standard InChI is InChI=1S/C18H24FN3/c1-14(16-10-17(19)12-20-11-16)21-13-18(22(2)3)9-15-7-5-4-6-8-15/h4-8,10-12,14,18,21H,9,13H2,1-3H3/t14-,18+/m1/s1. The summed E-state index contributed by atoms with van der Waals surface area (Å²) in [4.78, 5) is 6.13. The first-order valence-corrected chi connectivity index (χ1v) is 7.60. The summed E-state index contributed by atoms with van der Waals surface area (Å²) in [5, 5.41) is 3.48. The number of hydrogen-bond donors (Lipinski definition) is 1. The molecule has 0 aliphatic carbocycles. The summed E-state index contributed by atoms with van der Waals surface area (Å²) >= 11 is 0. The molecule has 1 aromatic heterocycles. The van der Waals surface area contributed by atoms with Gasteiger partial charge < -0.3 is 10.2 Å². The Labute approximate surface area is 132 Å². The van der Waals surface area contributed by atoms with E-state index in [-0.39, 0.29) is 11.9 Å². The summed E-state index contributed by atoms with van der Waals surface area (Å²) in [6.07, 6.45) is 3.92. The molecule has 0 unspecified atom stereocenters. The van der Waals surface area contributed by atoms with Gasteiger partial charge in [0.2, 0.25) is 0 Å². The molecule has 0 spiro atoms. The summed E-state index contributed by atoms with van der Waals surface area (Å²) in [6.45, 7) is 2.87. The fourth-order valence-electron chi connectivity index (χ4n) is 2.42. The van der Waals surface area contributed by atoms with E-state index in [1.807, 2.05) is 13.0 Å². The monoisotopic (exact) mass is 301 g/mol. The number of rotatable bonds is 7. The van der Waals surface area contributed by atoms with Crippen molar-refractivity contribution in [1.82, 2.24) is 15.2 Å². The van der Waals surface area contributed by atoms with Crippen molar-refractivity contribution < 1.29 is 4.39 Å². The Morgan fingerprint density at radius 3 is 2.55 bits per heavy atom. The summed E-state index contributed by atoms with van der Waals surface area (Å²) < 4.78 is 13.2. The molecule has 1 N–H and O–H groups in total. The largest absolute Gasteiger partial charge is 0.309 e. The van der Waals surface area contributed by atoms with Gasteiger partial charge in [0.15, 0.2) is 0 Å². The predicted octanol–water partition coefficient (Wildman–Crippen LogP) is 3.04. The highest BCUT2D eigenvalue weighted by Gasteiger charge is 2.14. The zero-order valence-electron chi connectivity index (χ0n) is 13.5. The average Bonchev–Trinajstić information content (AvgIpc) is 2.51. The highest BCUT2D eigenvalue weighted by Crippen LogP contribution is 2.13. The summed E-state index contributed by atoms with van der Waals surface area (Å²) in [5.74, 6) is -0.292. The first kappa shape index (κ1) is 16.6. The second-order valence-corrected chi connectivity index (χ2v) is 5.87. The second-order valence-electron chi connectivity index (χ2n) is 5.87. The van der Waals surface area contributed by atoms with Gasteiger partial charge in [-0.05, 0) is 44.6 Å². The maximum absolute atomic E-state index is 13.2. The quantitative estimate of drug-likeness (QED) is 0.852. The molecule has 0 bridgehead atoms. The second kappa shape index (κ2) is 8.01. The van der Waals surface area contributed by atoms with Crippen LogP contribution in [-0.2, 0) is 6.42 Å². The van der Waals surface area contributed by atoms with E-state index in [9.17, 15) is 4.39 Å². The van der Waals surface area contributed by atoms with Crippen LogP contribution in [0.5, 0.6) is 0 Å². The van der Waals surface area contributed by atoms with Gasteiger partial charge in [0.1, 0.15) is 5.82 Å². The minimum atomic E-state index is -0.292. The maximum Gasteiger partial charge on any atom is 0.141 e. The number of benzene rings is 1. The molecule has 0 amide bonds. The summed E-state index contributed by atoms with van der Waals surface area (Å²) in [5.41, 5.74) is 2.19. The molecule has 2 aromatic rings. The maximum atomic E-state index is 13.2. The van der Waals surface area contributed by atoms with Crippen molar-refractivity contribution in [2.75, 3.05) is 20.6 Å². The topological polar surface area (TPSA) is 28.2 Å². The van der Waals surface area contributed by atoms with Crippen LogP contribution in [0.3, 0.4) is 0 Å². The van der Waals surface area contributed by atoms with E-state index in [0.29, 0.717) is 6.04 Å². The van der Waals surface area contributed by atoms with Crippen LogP contribution in [-0.4, -0.2) is 36.6 Å². The van der Waals surface area contributed by atoms with Gasteiger partial charge >= 0.3 is 0 Å². The fourth-order valence-corrected chi connectivity index (χ4v) is 2.42. The van der Waals surface area contributed by atoms with E-state index >= 15 is 0 Å². The van der Waals surface area contributed by atoms with Crippen molar-refractivity contribution in [3.8, 4) is 0 Å². The molecule has 0 aliphatic rings. The highest BCUT2D eigenvalue weighted by atomic mass is 19.1. The molecule has 118 valence electrons. The first-order chi connectivity index (χ1) is 10.6. The van der Waals surface area contributed by atoms with Crippen molar-refractivity contribution in [3.63, 3.8) is 0 Å². The molecule has 4 heteroatoms. The molecule has 22 heavy (non-hydrogen) atoms. The van der Waals surface area contributed by atoms with Crippen LogP contribution in [0, 0.1) is 5.82 Å². The zero-order chi connectivity index (χ0) is 15.9. The minimum Gasteiger partial charge on any atom is -0.309 e. The molecule has 1 heterocycles. The Morgan fingerprint density at radius 1 is 1.18 bits per heavy atom. The Morgan fingerprint density at radius 2 is 1.91 bits per heavy atom. The van der Waals surface area contributed by atoms with Crippen molar-refractivity contribution in [2.45, 2.75) is 25.4 Å². The number of hydrogen-bond acceptors (Lipinski definition) is 3. The number of nitrogens with one attached hydrogen (secondary N) is 1. The Hall–Kier alpha value is -1.78. The zero-order valence-corrected chi connectivity index (χ0v) is 13.5. The molecular weight excluding hydrogens is 277 g/mol. The SMILES string of the molecule is C[C@@H](NC[C@H](Cc1ccccc1)N(C)C)c1cncc(F)c1. The number of nitrogens with zero attached hydrogens (tertiary/aromatic N) is 2. The smallest absolute Gasteiger partial charge is 0.141 e. The van der Waals surface area contributed by atoms with Gasteiger partial charge in [-0.2, -0.15) is 0 Å². The lowest BCUT2D eigenvalue weighted by molar-refractivity contribution is 0.275. The third-order valence-electron chi connectivity index (χ3n) is 3.93. The van der Waals surface area contributed by atoms with Crippen molar-refractivity contribution in [2.24, 2.45) is 0 Å². The summed E-state index contributed by atoms with van der Waals surface area (Å²) in [6, 6.07) is 12.4. The van der Waals surface area contributed by atoms with Gasteiger partial charge in [-0.15, -0.1) is 0 Å². The van der Waals surface area contributed by atoms with Gasteiger partial charge in [-0.3, -0.25) is 4.98 Å². The first-order valence-electron chi connectivity index (χ1n) is 7.60. The number of pyridine rings is 1. The molecule has 3 nitrogen and oxygen atoms in total.